The van der Waals surface area contributed by atoms with Gasteiger partial charge in [0.25, 0.3) is 0 Å². The van der Waals surface area contributed by atoms with Crippen LogP contribution in [0.25, 0.3) is 6.08 Å². The van der Waals surface area contributed by atoms with Crippen molar-refractivity contribution in [2.75, 3.05) is 0 Å². The topological polar surface area (TPSA) is 12.0 Å². The first-order chi connectivity index (χ1) is 5.36. The third-order valence-corrected chi connectivity index (χ3v) is 1.92. The van der Waals surface area contributed by atoms with Crippen molar-refractivity contribution < 1.29 is 0 Å². The largest absolute Gasteiger partial charge is 0.342 e. The van der Waals surface area contributed by atoms with Gasteiger partial charge in [0.05, 0.1) is 10.4 Å². The molecule has 0 aromatic heterocycles. The first-order valence-electron chi connectivity index (χ1n) is 3.73. The summed E-state index contributed by atoms with van der Waals surface area (Å²) in [5.74, 6) is 0. The second kappa shape index (κ2) is 4.11. The van der Waals surface area contributed by atoms with Gasteiger partial charge in [0.2, 0.25) is 0 Å². The standard InChI is InChI=1S/C9H13NSi/c1-2-8-4-3-5-9(6-8)7-10-11/h2-6,10H,1,7H2,11H3. The highest BCUT2D eigenvalue weighted by Gasteiger charge is 1.89. The van der Waals surface area contributed by atoms with Gasteiger partial charge >= 0.3 is 0 Å². The van der Waals surface area contributed by atoms with E-state index in [2.05, 4.69) is 35.8 Å². The Morgan fingerprint density at radius 3 is 3.00 bits per heavy atom. The average molecular weight is 163 g/mol. The minimum absolute atomic E-state index is 0.980. The summed E-state index contributed by atoms with van der Waals surface area (Å²) in [4.78, 5) is 3.24. The van der Waals surface area contributed by atoms with Crippen LogP contribution in [-0.2, 0) is 6.54 Å². The van der Waals surface area contributed by atoms with Crippen molar-refractivity contribution in [3.8, 4) is 0 Å². The average Bonchev–Trinajstić information content (AvgIpc) is 2.06. The Bertz CT molecular complexity index is 245. The summed E-state index contributed by atoms with van der Waals surface area (Å²) in [6, 6.07) is 8.39. The van der Waals surface area contributed by atoms with Crippen LogP contribution in [0.4, 0.5) is 0 Å². The molecule has 2 heteroatoms. The van der Waals surface area contributed by atoms with Gasteiger partial charge in [0.15, 0.2) is 0 Å². The first kappa shape index (κ1) is 8.24. The minimum atomic E-state index is 0.980. The van der Waals surface area contributed by atoms with Crippen LogP contribution in [0.2, 0.25) is 0 Å². The molecule has 1 aromatic carbocycles. The molecular formula is C9H13NSi. The maximum absolute atomic E-state index is 3.72. The van der Waals surface area contributed by atoms with E-state index in [0.29, 0.717) is 0 Å². The molecule has 1 N–H and O–H groups in total. The van der Waals surface area contributed by atoms with E-state index in [1.54, 1.807) is 0 Å². The van der Waals surface area contributed by atoms with Crippen LogP contribution >= 0.6 is 0 Å². The fourth-order valence-electron chi connectivity index (χ4n) is 1.03. The van der Waals surface area contributed by atoms with Crippen molar-refractivity contribution >= 4 is 16.5 Å². The molecule has 11 heavy (non-hydrogen) atoms. The van der Waals surface area contributed by atoms with Crippen LogP contribution in [-0.4, -0.2) is 10.4 Å². The molecule has 0 amide bonds. The van der Waals surface area contributed by atoms with Crippen molar-refractivity contribution in [3.63, 3.8) is 0 Å². The van der Waals surface area contributed by atoms with Crippen molar-refractivity contribution in [2.45, 2.75) is 6.54 Å². The van der Waals surface area contributed by atoms with E-state index in [0.717, 1.165) is 16.9 Å². The highest BCUT2D eigenvalue weighted by atomic mass is 28.2. The molecule has 0 saturated heterocycles. The molecule has 0 aliphatic heterocycles. The van der Waals surface area contributed by atoms with E-state index < -0.39 is 0 Å². The molecule has 0 aliphatic carbocycles. The number of hydrogen-bond donors (Lipinski definition) is 1. The Morgan fingerprint density at radius 1 is 1.55 bits per heavy atom. The van der Waals surface area contributed by atoms with Gasteiger partial charge in [0, 0.05) is 6.54 Å². The Balaban J connectivity index is 2.82. The van der Waals surface area contributed by atoms with E-state index in [-0.39, 0.29) is 0 Å². The van der Waals surface area contributed by atoms with E-state index >= 15 is 0 Å². The summed E-state index contributed by atoms with van der Waals surface area (Å²) in [5.41, 5.74) is 2.52. The lowest BCUT2D eigenvalue weighted by atomic mass is 10.1. The van der Waals surface area contributed by atoms with E-state index in [9.17, 15) is 0 Å². The molecule has 0 aliphatic rings. The fraction of sp³-hybridized carbons (Fsp3) is 0.111. The van der Waals surface area contributed by atoms with E-state index in [1.165, 1.54) is 11.1 Å². The minimum Gasteiger partial charge on any atom is -0.342 e. The van der Waals surface area contributed by atoms with Crippen LogP contribution in [0.15, 0.2) is 30.8 Å². The second-order valence-electron chi connectivity index (χ2n) is 2.48. The normalized spacial score (nSPS) is 9.82. The van der Waals surface area contributed by atoms with Gasteiger partial charge in [-0.2, -0.15) is 0 Å². The Labute approximate surface area is 70.6 Å². The van der Waals surface area contributed by atoms with Gasteiger partial charge in [0.1, 0.15) is 0 Å². The maximum Gasteiger partial charge on any atom is 0.0753 e. The zero-order valence-corrected chi connectivity index (χ0v) is 8.80. The van der Waals surface area contributed by atoms with Crippen molar-refractivity contribution in [3.05, 3.63) is 42.0 Å². The zero-order chi connectivity index (χ0) is 8.10. The maximum atomic E-state index is 3.72. The number of hydrogen-bond acceptors (Lipinski definition) is 1. The Morgan fingerprint density at radius 2 is 2.36 bits per heavy atom. The van der Waals surface area contributed by atoms with Gasteiger partial charge in [-0.3, -0.25) is 0 Å². The Hall–Kier alpha value is -0.863. The molecule has 0 saturated carbocycles. The molecule has 0 spiro atoms. The summed E-state index contributed by atoms with van der Waals surface area (Å²) < 4.78 is 0. The lowest BCUT2D eigenvalue weighted by Crippen LogP contribution is -2.06. The molecular weight excluding hydrogens is 150 g/mol. The third-order valence-electron chi connectivity index (χ3n) is 1.57. The predicted molar refractivity (Wildman–Crippen MR) is 53.3 cm³/mol. The summed E-state index contributed by atoms with van der Waals surface area (Å²) in [6.45, 7) is 4.70. The zero-order valence-electron chi connectivity index (χ0n) is 6.80. The van der Waals surface area contributed by atoms with Crippen molar-refractivity contribution in [1.29, 1.82) is 0 Å². The van der Waals surface area contributed by atoms with Crippen LogP contribution in [0.3, 0.4) is 0 Å². The van der Waals surface area contributed by atoms with Crippen molar-refractivity contribution in [1.82, 2.24) is 4.98 Å². The van der Waals surface area contributed by atoms with Gasteiger partial charge in [-0.05, 0) is 11.1 Å². The molecule has 1 rings (SSSR count). The predicted octanol–water partition coefficient (Wildman–Crippen LogP) is 0.700. The van der Waals surface area contributed by atoms with Crippen LogP contribution in [0, 0.1) is 0 Å². The summed E-state index contributed by atoms with van der Waals surface area (Å²) in [7, 11) is 1.05. The van der Waals surface area contributed by atoms with Crippen LogP contribution in [0.1, 0.15) is 11.1 Å². The van der Waals surface area contributed by atoms with Crippen LogP contribution in [0.5, 0.6) is 0 Å². The molecule has 0 bridgehead atoms. The molecule has 0 unspecified atom stereocenters. The molecule has 1 nitrogen and oxygen atoms in total. The SMILES string of the molecule is C=Cc1cccc(CN[SiH3])c1. The molecule has 0 heterocycles. The number of benzene rings is 1. The lowest BCUT2D eigenvalue weighted by Gasteiger charge is -2.00. The lowest BCUT2D eigenvalue weighted by molar-refractivity contribution is 0.961. The van der Waals surface area contributed by atoms with Gasteiger partial charge in [-0.25, -0.2) is 0 Å². The quantitative estimate of drug-likeness (QED) is 0.647. The fourth-order valence-corrected chi connectivity index (χ4v) is 1.44. The van der Waals surface area contributed by atoms with E-state index in [1.807, 2.05) is 6.08 Å². The van der Waals surface area contributed by atoms with Gasteiger partial charge in [-0.1, -0.05) is 36.9 Å². The molecule has 1 aromatic rings. The molecule has 0 atom stereocenters. The molecule has 0 radical (unpaired) electrons. The monoisotopic (exact) mass is 163 g/mol. The molecule has 0 fully saturated rings. The van der Waals surface area contributed by atoms with Crippen LogP contribution < -0.4 is 4.98 Å². The van der Waals surface area contributed by atoms with E-state index in [4.69, 9.17) is 0 Å². The summed E-state index contributed by atoms with van der Waals surface area (Å²) in [6.07, 6.45) is 1.87. The number of nitrogens with one attached hydrogen (secondary N) is 1. The van der Waals surface area contributed by atoms with Crippen molar-refractivity contribution in [2.24, 2.45) is 0 Å². The number of rotatable bonds is 3. The highest BCUT2D eigenvalue weighted by Crippen LogP contribution is 2.05. The Kier molecular flexibility index (Phi) is 3.07. The molecule has 58 valence electrons. The summed E-state index contributed by atoms with van der Waals surface area (Å²) in [5, 5.41) is 0. The second-order valence-corrected chi connectivity index (χ2v) is 3.19. The smallest absolute Gasteiger partial charge is 0.0753 e. The third kappa shape index (κ3) is 2.33. The highest BCUT2D eigenvalue weighted by molar-refractivity contribution is 6.04. The summed E-state index contributed by atoms with van der Waals surface area (Å²) >= 11 is 0. The van der Waals surface area contributed by atoms with Gasteiger partial charge < -0.3 is 4.98 Å². The first-order valence-corrected chi connectivity index (χ1v) is 4.73. The van der Waals surface area contributed by atoms with Gasteiger partial charge in [-0.15, -0.1) is 0 Å².